The summed E-state index contributed by atoms with van der Waals surface area (Å²) in [5.41, 5.74) is 2.97. The molecule has 2 fully saturated rings. The lowest BCUT2D eigenvalue weighted by atomic mass is 9.73. The van der Waals surface area contributed by atoms with Crippen LogP contribution < -0.4 is 20.1 Å². The third-order valence-corrected chi connectivity index (χ3v) is 6.60. The van der Waals surface area contributed by atoms with E-state index in [1.807, 2.05) is 24.4 Å². The van der Waals surface area contributed by atoms with Gasteiger partial charge < -0.3 is 20.1 Å². The largest absolute Gasteiger partial charge is 0.497 e. The molecule has 2 aliphatic rings. The Morgan fingerprint density at radius 2 is 2.06 bits per heavy atom. The van der Waals surface area contributed by atoms with Crippen molar-refractivity contribution in [3.63, 3.8) is 0 Å². The molecule has 164 valence electrons. The number of benzene rings is 1. The highest BCUT2D eigenvalue weighted by Gasteiger charge is 2.46. The fourth-order valence-corrected chi connectivity index (χ4v) is 4.61. The number of rotatable bonds is 7. The molecule has 4 atom stereocenters. The smallest absolute Gasteiger partial charge is 0.322 e. The first kappa shape index (κ1) is 20.1. The fraction of sp³-hybridized carbons (Fsp3) is 0.522. The molecule has 3 aromatic rings. The lowest BCUT2D eigenvalue weighted by molar-refractivity contribution is 0.0100. The summed E-state index contributed by atoms with van der Waals surface area (Å²) < 4.78 is 13.4. The number of aromatic nitrogens is 4. The van der Waals surface area contributed by atoms with Crippen molar-refractivity contribution in [3.8, 4) is 11.8 Å². The average molecular weight is 423 g/mol. The predicted molar refractivity (Wildman–Crippen MR) is 119 cm³/mol. The summed E-state index contributed by atoms with van der Waals surface area (Å²) in [6.45, 7) is 8.49. The Kier molecular flexibility index (Phi) is 5.17. The summed E-state index contributed by atoms with van der Waals surface area (Å²) in [7, 11) is 1.68. The van der Waals surface area contributed by atoms with Crippen LogP contribution in [0, 0.1) is 11.8 Å². The molecule has 1 aromatic carbocycles. The van der Waals surface area contributed by atoms with Crippen LogP contribution in [0.4, 0.5) is 5.95 Å². The van der Waals surface area contributed by atoms with Gasteiger partial charge in [0.05, 0.1) is 19.3 Å². The van der Waals surface area contributed by atoms with E-state index in [1.54, 1.807) is 11.6 Å². The molecule has 1 saturated carbocycles. The van der Waals surface area contributed by atoms with E-state index in [2.05, 4.69) is 42.6 Å². The van der Waals surface area contributed by atoms with Crippen LogP contribution in [0.25, 0.3) is 5.65 Å². The summed E-state index contributed by atoms with van der Waals surface area (Å²) in [6, 6.07) is 8.45. The minimum atomic E-state index is -0.000125. The van der Waals surface area contributed by atoms with Crippen LogP contribution in [0.1, 0.15) is 50.3 Å². The van der Waals surface area contributed by atoms with E-state index in [9.17, 15) is 0 Å². The Morgan fingerprint density at radius 1 is 1.19 bits per heavy atom. The first-order valence-corrected chi connectivity index (χ1v) is 11.1. The molecule has 1 aliphatic carbocycles. The molecule has 1 saturated heterocycles. The SMILES string of the molecule is COc1cccc([C@H](C)Nc2nc(OC3C[C@H]4CNCC34)nc3c(C(C)C)cnn23)c1. The van der Waals surface area contributed by atoms with Crippen LogP contribution in [-0.2, 0) is 0 Å². The number of methoxy groups -OCH3 is 1. The lowest BCUT2D eigenvalue weighted by Crippen LogP contribution is -2.44. The Labute approximate surface area is 182 Å². The predicted octanol–water partition coefficient (Wildman–Crippen LogP) is 3.42. The van der Waals surface area contributed by atoms with E-state index in [4.69, 9.17) is 19.4 Å². The summed E-state index contributed by atoms with van der Waals surface area (Å²) in [6.07, 6.45) is 3.11. The highest BCUT2D eigenvalue weighted by atomic mass is 16.5. The van der Waals surface area contributed by atoms with Gasteiger partial charge in [-0.15, -0.1) is 0 Å². The van der Waals surface area contributed by atoms with Crippen LogP contribution in [0.15, 0.2) is 30.5 Å². The molecule has 0 spiro atoms. The van der Waals surface area contributed by atoms with Crippen molar-refractivity contribution >= 4 is 11.6 Å². The van der Waals surface area contributed by atoms with Crippen LogP contribution in [0.2, 0.25) is 0 Å². The van der Waals surface area contributed by atoms with Crippen molar-refractivity contribution in [1.82, 2.24) is 24.9 Å². The number of hydrogen-bond donors (Lipinski definition) is 2. The Balaban J connectivity index is 1.46. The third-order valence-electron chi connectivity index (χ3n) is 6.60. The summed E-state index contributed by atoms with van der Waals surface area (Å²) >= 11 is 0. The van der Waals surface area contributed by atoms with Gasteiger partial charge in [-0.05, 0) is 49.4 Å². The second-order valence-electron chi connectivity index (χ2n) is 8.94. The maximum atomic E-state index is 6.28. The first-order valence-electron chi connectivity index (χ1n) is 11.1. The van der Waals surface area contributed by atoms with E-state index in [-0.39, 0.29) is 12.1 Å². The molecule has 31 heavy (non-hydrogen) atoms. The maximum Gasteiger partial charge on any atom is 0.322 e. The van der Waals surface area contributed by atoms with E-state index < -0.39 is 0 Å². The Hall–Kier alpha value is -2.87. The zero-order valence-corrected chi connectivity index (χ0v) is 18.5. The van der Waals surface area contributed by atoms with E-state index in [1.165, 1.54) is 0 Å². The number of ether oxygens (including phenoxy) is 2. The van der Waals surface area contributed by atoms with Gasteiger partial charge in [0.15, 0.2) is 5.65 Å². The molecular weight excluding hydrogens is 392 g/mol. The molecule has 1 aliphatic heterocycles. The Bertz CT molecular complexity index is 1080. The van der Waals surface area contributed by atoms with Crippen LogP contribution >= 0.6 is 0 Å². The van der Waals surface area contributed by atoms with Crippen molar-refractivity contribution in [2.24, 2.45) is 11.8 Å². The van der Waals surface area contributed by atoms with Crippen molar-refractivity contribution in [1.29, 1.82) is 0 Å². The molecule has 8 nitrogen and oxygen atoms in total. The van der Waals surface area contributed by atoms with Crippen LogP contribution in [0.5, 0.6) is 11.8 Å². The summed E-state index contributed by atoms with van der Waals surface area (Å²) in [5.74, 6) is 3.04. The summed E-state index contributed by atoms with van der Waals surface area (Å²) in [4.78, 5) is 9.47. The second kappa shape index (κ2) is 8.00. The number of hydrogen-bond acceptors (Lipinski definition) is 7. The molecule has 2 aromatic heterocycles. The van der Waals surface area contributed by atoms with E-state index >= 15 is 0 Å². The third kappa shape index (κ3) is 3.69. The van der Waals surface area contributed by atoms with Gasteiger partial charge in [0, 0.05) is 18.0 Å². The molecule has 0 amide bonds. The van der Waals surface area contributed by atoms with Crippen LogP contribution in [-0.4, -0.2) is 45.9 Å². The van der Waals surface area contributed by atoms with Crippen LogP contribution in [0.3, 0.4) is 0 Å². The molecular formula is C23H30N6O2. The van der Waals surface area contributed by atoms with Gasteiger partial charge in [0.25, 0.3) is 0 Å². The van der Waals surface area contributed by atoms with E-state index in [0.717, 1.165) is 48.0 Å². The Morgan fingerprint density at radius 3 is 2.84 bits per heavy atom. The molecule has 2 unspecified atom stereocenters. The zero-order chi connectivity index (χ0) is 21.5. The highest BCUT2D eigenvalue weighted by Crippen LogP contribution is 2.39. The van der Waals surface area contributed by atoms with Gasteiger partial charge in [0.2, 0.25) is 5.95 Å². The number of anilines is 1. The second-order valence-corrected chi connectivity index (χ2v) is 8.94. The molecule has 2 N–H and O–H groups in total. The quantitative estimate of drug-likeness (QED) is 0.603. The highest BCUT2D eigenvalue weighted by molar-refractivity contribution is 5.53. The van der Waals surface area contributed by atoms with Gasteiger partial charge in [0.1, 0.15) is 11.9 Å². The van der Waals surface area contributed by atoms with Gasteiger partial charge in [-0.1, -0.05) is 26.0 Å². The topological polar surface area (TPSA) is 85.6 Å². The monoisotopic (exact) mass is 422 g/mol. The fourth-order valence-electron chi connectivity index (χ4n) is 4.61. The molecule has 3 heterocycles. The van der Waals surface area contributed by atoms with Gasteiger partial charge in [-0.2, -0.15) is 19.6 Å². The minimum absolute atomic E-state index is 0.000125. The van der Waals surface area contributed by atoms with Crippen molar-refractivity contribution in [2.75, 3.05) is 25.5 Å². The van der Waals surface area contributed by atoms with E-state index in [0.29, 0.717) is 23.8 Å². The van der Waals surface area contributed by atoms with Gasteiger partial charge in [-0.3, -0.25) is 0 Å². The molecule has 5 rings (SSSR count). The normalized spacial score (nSPS) is 23.5. The lowest BCUT2D eigenvalue weighted by Gasteiger charge is -2.38. The first-order chi connectivity index (χ1) is 15.0. The minimum Gasteiger partial charge on any atom is -0.497 e. The van der Waals surface area contributed by atoms with Crippen molar-refractivity contribution < 1.29 is 9.47 Å². The molecule has 0 bridgehead atoms. The number of nitrogens with zero attached hydrogens (tertiary/aromatic N) is 4. The number of nitrogens with one attached hydrogen (secondary N) is 2. The summed E-state index contributed by atoms with van der Waals surface area (Å²) in [5, 5.41) is 11.5. The number of fused-ring (bicyclic) bond motifs is 2. The zero-order valence-electron chi connectivity index (χ0n) is 18.5. The average Bonchev–Trinajstić information content (AvgIpc) is 3.35. The molecule has 0 radical (unpaired) electrons. The standard InChI is InChI=1S/C23H30N6O2/c1-13(2)18-12-25-29-21(18)27-23(31-20-9-16-10-24-11-19(16)20)28-22(29)26-14(3)15-6-5-7-17(8-15)30-4/h5-8,12-14,16,19-20,24H,9-11H2,1-4H3,(H,26,27,28)/t14-,16-,19?,20?/m0/s1. The molecule has 8 heteroatoms. The van der Waals surface area contributed by atoms with Gasteiger partial charge >= 0.3 is 6.01 Å². The van der Waals surface area contributed by atoms with Crippen molar-refractivity contribution in [2.45, 2.75) is 45.3 Å². The van der Waals surface area contributed by atoms with Gasteiger partial charge in [-0.25, -0.2) is 0 Å². The van der Waals surface area contributed by atoms with Crippen molar-refractivity contribution in [3.05, 3.63) is 41.6 Å². The maximum absolute atomic E-state index is 6.28.